The van der Waals surface area contributed by atoms with E-state index in [0.29, 0.717) is 11.3 Å². The third kappa shape index (κ3) is 5.32. The first kappa shape index (κ1) is 24.0. The number of oxime groups is 1. The number of hydrogen-bond acceptors (Lipinski definition) is 4. The number of rotatable bonds is 7. The van der Waals surface area contributed by atoms with Gasteiger partial charge in [0, 0.05) is 16.9 Å². The average Bonchev–Trinajstić information content (AvgIpc) is 3.21. The fourth-order valence-corrected chi connectivity index (χ4v) is 4.06. The largest absolute Gasteiger partial charge is 0.465 e. The van der Waals surface area contributed by atoms with Crippen LogP contribution in [0, 0.1) is 19.7 Å². The van der Waals surface area contributed by atoms with Gasteiger partial charge in [-0.1, -0.05) is 29.4 Å². The minimum atomic E-state index is -0.395. The van der Waals surface area contributed by atoms with Crippen LogP contribution >= 0.6 is 0 Å². The monoisotopic (exact) mass is 470 g/mol. The molecule has 4 rings (SSSR count). The van der Waals surface area contributed by atoms with Crippen LogP contribution in [0.3, 0.4) is 0 Å². The van der Waals surface area contributed by atoms with Crippen LogP contribution in [0.5, 0.6) is 0 Å². The van der Waals surface area contributed by atoms with Crippen LogP contribution in [-0.4, -0.2) is 23.4 Å². The van der Waals surface area contributed by atoms with Gasteiger partial charge in [-0.05, 0) is 92.1 Å². The molecule has 0 amide bonds. The molecular formula is C29H27FN2O3. The van der Waals surface area contributed by atoms with E-state index in [1.807, 2.05) is 38.1 Å². The van der Waals surface area contributed by atoms with E-state index in [4.69, 9.17) is 9.57 Å². The third-order valence-electron chi connectivity index (χ3n) is 5.82. The lowest BCUT2D eigenvalue weighted by Gasteiger charge is -2.13. The molecule has 0 fully saturated rings. The van der Waals surface area contributed by atoms with Gasteiger partial charge in [-0.15, -0.1) is 0 Å². The summed E-state index contributed by atoms with van der Waals surface area (Å²) in [6.45, 7) is 6.19. The summed E-state index contributed by atoms with van der Waals surface area (Å²) in [7, 11) is 1.35. The Labute approximate surface area is 204 Å². The molecule has 0 radical (unpaired) electrons. The van der Waals surface area contributed by atoms with E-state index in [-0.39, 0.29) is 12.4 Å². The first-order valence-corrected chi connectivity index (χ1v) is 11.3. The van der Waals surface area contributed by atoms with Gasteiger partial charge in [-0.3, -0.25) is 0 Å². The van der Waals surface area contributed by atoms with Crippen LogP contribution in [0.15, 0.2) is 84.0 Å². The normalized spacial score (nSPS) is 11.4. The fraction of sp³-hybridized carbons (Fsp3) is 0.172. The van der Waals surface area contributed by atoms with Gasteiger partial charge in [0.15, 0.2) is 0 Å². The molecule has 0 bridgehead atoms. The lowest BCUT2D eigenvalue weighted by atomic mass is 10.1. The minimum Gasteiger partial charge on any atom is -0.465 e. The van der Waals surface area contributed by atoms with Crippen molar-refractivity contribution in [2.24, 2.45) is 5.16 Å². The Bertz CT molecular complexity index is 1390. The van der Waals surface area contributed by atoms with Crippen molar-refractivity contribution in [3.05, 3.63) is 113 Å². The summed E-state index contributed by atoms with van der Waals surface area (Å²) in [5.41, 5.74) is 7.89. The van der Waals surface area contributed by atoms with Crippen molar-refractivity contribution in [2.45, 2.75) is 27.4 Å². The van der Waals surface area contributed by atoms with Crippen molar-refractivity contribution in [3.63, 3.8) is 0 Å². The summed E-state index contributed by atoms with van der Waals surface area (Å²) in [5.74, 6) is -0.672. The molecule has 5 nitrogen and oxygen atoms in total. The number of esters is 1. The van der Waals surface area contributed by atoms with Crippen LogP contribution in [-0.2, 0) is 16.2 Å². The highest BCUT2D eigenvalue weighted by atomic mass is 19.1. The predicted octanol–water partition coefficient (Wildman–Crippen LogP) is 6.63. The highest BCUT2D eigenvalue weighted by Crippen LogP contribution is 2.30. The predicted molar refractivity (Wildman–Crippen MR) is 135 cm³/mol. The lowest BCUT2D eigenvalue weighted by molar-refractivity contribution is 0.0600. The van der Waals surface area contributed by atoms with Crippen LogP contribution in [0.4, 0.5) is 4.39 Å². The highest BCUT2D eigenvalue weighted by molar-refractivity contribution is 6.01. The number of carbonyl (C=O) groups excluding carboxylic acids is 1. The summed E-state index contributed by atoms with van der Waals surface area (Å²) in [5, 5.41) is 4.35. The molecule has 6 heteroatoms. The van der Waals surface area contributed by atoms with Crippen molar-refractivity contribution in [3.8, 4) is 16.9 Å². The first-order valence-electron chi connectivity index (χ1n) is 11.3. The molecule has 0 unspecified atom stereocenters. The molecule has 178 valence electrons. The van der Waals surface area contributed by atoms with E-state index >= 15 is 0 Å². The van der Waals surface area contributed by atoms with E-state index in [0.717, 1.165) is 39.3 Å². The van der Waals surface area contributed by atoms with Crippen LogP contribution in [0.2, 0.25) is 0 Å². The zero-order valence-corrected chi connectivity index (χ0v) is 20.2. The van der Waals surface area contributed by atoms with Crippen LogP contribution in [0.25, 0.3) is 16.9 Å². The topological polar surface area (TPSA) is 52.8 Å². The molecule has 0 atom stereocenters. The van der Waals surface area contributed by atoms with Crippen molar-refractivity contribution in [2.75, 3.05) is 7.11 Å². The molecule has 0 aliphatic carbocycles. The molecule has 0 saturated heterocycles. The Morgan fingerprint density at radius 1 is 0.971 bits per heavy atom. The molecule has 0 saturated carbocycles. The second-order valence-electron chi connectivity index (χ2n) is 8.35. The number of aryl methyl sites for hydroxylation is 1. The number of ether oxygens (including phenoxy) is 1. The minimum absolute atomic E-state index is 0.213. The zero-order valence-electron chi connectivity index (χ0n) is 20.2. The summed E-state index contributed by atoms with van der Waals surface area (Å²) in [6, 6.07) is 23.8. The van der Waals surface area contributed by atoms with Gasteiger partial charge in [0.1, 0.15) is 12.4 Å². The van der Waals surface area contributed by atoms with E-state index in [1.165, 1.54) is 19.2 Å². The Morgan fingerprint density at radius 3 is 2.43 bits per heavy atom. The van der Waals surface area contributed by atoms with E-state index in [2.05, 4.69) is 28.8 Å². The molecule has 1 aromatic heterocycles. The Balaban J connectivity index is 1.66. The van der Waals surface area contributed by atoms with Gasteiger partial charge in [0.2, 0.25) is 0 Å². The molecule has 3 aromatic carbocycles. The molecule has 4 aromatic rings. The van der Waals surface area contributed by atoms with Gasteiger partial charge in [0.25, 0.3) is 0 Å². The van der Waals surface area contributed by atoms with Crippen molar-refractivity contribution >= 4 is 11.7 Å². The molecule has 1 heterocycles. The highest BCUT2D eigenvalue weighted by Gasteiger charge is 2.17. The maximum Gasteiger partial charge on any atom is 0.337 e. The fourth-order valence-electron chi connectivity index (χ4n) is 4.06. The first-order chi connectivity index (χ1) is 16.9. The number of hydrogen-bond donors (Lipinski definition) is 0. The van der Waals surface area contributed by atoms with Crippen molar-refractivity contribution < 1.29 is 18.8 Å². The van der Waals surface area contributed by atoms with E-state index < -0.39 is 5.97 Å². The maximum atomic E-state index is 13.6. The smallest absolute Gasteiger partial charge is 0.337 e. The SMILES string of the molecule is COC(=O)c1cccc(CO/N=C(\C)c2cc(-c3ccc(F)cc3)n(-c3cccc(C)c3)c2C)c1. The lowest BCUT2D eigenvalue weighted by Crippen LogP contribution is -2.03. The number of nitrogens with zero attached hydrogens (tertiary/aromatic N) is 2. The average molecular weight is 471 g/mol. The quantitative estimate of drug-likeness (QED) is 0.173. The standard InChI is InChI=1S/C29H27FN2O3/c1-19-7-5-10-26(15-19)32-21(3)27(17-28(32)23-11-13-25(30)14-12-23)20(2)31-35-18-22-8-6-9-24(16-22)29(33)34-4/h5-17H,18H2,1-4H3/b31-20+. The number of benzene rings is 3. The number of carbonyl (C=O) groups is 1. The summed E-state index contributed by atoms with van der Waals surface area (Å²) in [4.78, 5) is 17.4. The van der Waals surface area contributed by atoms with Crippen molar-refractivity contribution in [1.82, 2.24) is 4.57 Å². The van der Waals surface area contributed by atoms with Gasteiger partial charge in [-0.25, -0.2) is 9.18 Å². The molecule has 0 N–H and O–H groups in total. The molecule has 0 aliphatic heterocycles. The zero-order chi connectivity index (χ0) is 24.9. The number of aromatic nitrogens is 1. The van der Waals surface area contributed by atoms with Gasteiger partial charge in [0.05, 0.1) is 24.1 Å². The number of halogens is 1. The number of methoxy groups -OCH3 is 1. The van der Waals surface area contributed by atoms with Crippen LogP contribution in [0.1, 0.15) is 39.7 Å². The van der Waals surface area contributed by atoms with Gasteiger partial charge < -0.3 is 14.1 Å². The summed E-state index contributed by atoms with van der Waals surface area (Å²) < 4.78 is 20.5. The Kier molecular flexibility index (Phi) is 7.11. The Morgan fingerprint density at radius 2 is 1.71 bits per heavy atom. The third-order valence-corrected chi connectivity index (χ3v) is 5.82. The van der Waals surface area contributed by atoms with Crippen molar-refractivity contribution in [1.29, 1.82) is 0 Å². The maximum absolute atomic E-state index is 13.6. The summed E-state index contributed by atoms with van der Waals surface area (Å²) >= 11 is 0. The molecular weight excluding hydrogens is 443 g/mol. The molecule has 35 heavy (non-hydrogen) atoms. The van der Waals surface area contributed by atoms with E-state index in [9.17, 15) is 9.18 Å². The molecule has 0 aliphatic rings. The molecule has 0 spiro atoms. The summed E-state index contributed by atoms with van der Waals surface area (Å²) in [6.07, 6.45) is 0. The van der Waals surface area contributed by atoms with Gasteiger partial charge in [-0.2, -0.15) is 0 Å². The second kappa shape index (κ2) is 10.4. The Hall–Kier alpha value is -4.19. The van der Waals surface area contributed by atoms with E-state index in [1.54, 1.807) is 30.3 Å². The second-order valence-corrected chi connectivity index (χ2v) is 8.35. The van der Waals surface area contributed by atoms with Crippen LogP contribution < -0.4 is 0 Å². The van der Waals surface area contributed by atoms with Gasteiger partial charge >= 0.3 is 5.97 Å².